The van der Waals surface area contributed by atoms with Crippen molar-refractivity contribution in [2.75, 3.05) is 18.4 Å². The summed E-state index contributed by atoms with van der Waals surface area (Å²) in [5, 5.41) is 6.27. The molecule has 3 aromatic rings. The van der Waals surface area contributed by atoms with Gasteiger partial charge in [0.2, 0.25) is 0 Å². The van der Waals surface area contributed by atoms with E-state index in [-0.39, 0.29) is 18.5 Å². The van der Waals surface area contributed by atoms with E-state index in [4.69, 9.17) is 11.6 Å². The van der Waals surface area contributed by atoms with Gasteiger partial charge in [-0.25, -0.2) is 9.18 Å². The van der Waals surface area contributed by atoms with Crippen molar-refractivity contribution in [1.29, 1.82) is 0 Å². The fourth-order valence-electron chi connectivity index (χ4n) is 4.81. The van der Waals surface area contributed by atoms with Gasteiger partial charge >= 0.3 is 6.03 Å². The van der Waals surface area contributed by atoms with Crippen molar-refractivity contribution < 1.29 is 18.8 Å². The topological polar surface area (TPSA) is 81.8 Å². The normalized spacial score (nSPS) is 18.0. The molecular formula is C28H24ClFN4O3. The van der Waals surface area contributed by atoms with Crippen LogP contribution in [0.4, 0.5) is 14.9 Å². The molecule has 2 N–H and O–H groups in total. The van der Waals surface area contributed by atoms with Crippen LogP contribution in [0, 0.1) is 5.82 Å². The van der Waals surface area contributed by atoms with Crippen molar-refractivity contribution in [1.82, 2.24) is 15.1 Å². The Balaban J connectivity index is 1.53. The van der Waals surface area contributed by atoms with Gasteiger partial charge in [0.1, 0.15) is 11.9 Å². The minimum Gasteiger partial charge on any atom is -0.326 e. The van der Waals surface area contributed by atoms with Gasteiger partial charge in [0.25, 0.3) is 11.8 Å². The number of hydrogen-bond acceptors (Lipinski definition) is 3. The highest BCUT2D eigenvalue weighted by Crippen LogP contribution is 2.40. The molecule has 2 heterocycles. The third-order valence-electron chi connectivity index (χ3n) is 6.56. The van der Waals surface area contributed by atoms with E-state index in [2.05, 4.69) is 10.6 Å². The quantitative estimate of drug-likeness (QED) is 0.479. The number of likely N-dealkylation sites (N-methyl/N-ethyl adjacent to an activating group) is 1. The highest BCUT2D eigenvalue weighted by molar-refractivity contribution is 6.30. The molecule has 0 unspecified atom stereocenters. The summed E-state index contributed by atoms with van der Waals surface area (Å²) in [5.74, 6) is -1.22. The van der Waals surface area contributed by atoms with Crippen molar-refractivity contribution >= 4 is 35.1 Å². The zero-order valence-electron chi connectivity index (χ0n) is 19.9. The molecule has 0 radical (unpaired) electrons. The molecule has 0 saturated heterocycles. The van der Waals surface area contributed by atoms with Crippen LogP contribution in [0.1, 0.15) is 30.1 Å². The molecule has 0 aliphatic carbocycles. The summed E-state index contributed by atoms with van der Waals surface area (Å²) in [5.41, 5.74) is 2.71. The van der Waals surface area contributed by atoms with Crippen molar-refractivity contribution in [3.63, 3.8) is 0 Å². The van der Waals surface area contributed by atoms with E-state index >= 15 is 0 Å². The second kappa shape index (κ2) is 10.1. The molecule has 9 heteroatoms. The summed E-state index contributed by atoms with van der Waals surface area (Å²) in [6, 6.07) is 19.3. The summed E-state index contributed by atoms with van der Waals surface area (Å²) >= 11 is 6.06. The van der Waals surface area contributed by atoms with Crippen LogP contribution in [0.5, 0.6) is 0 Å². The number of amides is 4. The number of nitrogens with zero attached hydrogens (tertiary/aromatic N) is 2. The Bertz CT molecular complexity index is 1380. The van der Waals surface area contributed by atoms with Gasteiger partial charge in [0, 0.05) is 17.3 Å². The van der Waals surface area contributed by atoms with E-state index in [0.29, 0.717) is 39.7 Å². The van der Waals surface area contributed by atoms with Crippen LogP contribution < -0.4 is 10.6 Å². The molecule has 5 rings (SSSR count). The predicted molar refractivity (Wildman–Crippen MR) is 138 cm³/mol. The van der Waals surface area contributed by atoms with Crippen LogP contribution in [-0.4, -0.2) is 40.7 Å². The first-order valence-electron chi connectivity index (χ1n) is 11.9. The van der Waals surface area contributed by atoms with Gasteiger partial charge in [0.05, 0.1) is 23.9 Å². The zero-order valence-corrected chi connectivity index (χ0v) is 20.7. The lowest BCUT2D eigenvalue weighted by molar-refractivity contribution is -0.134. The molecule has 2 aliphatic rings. The van der Waals surface area contributed by atoms with Crippen molar-refractivity contribution in [2.24, 2.45) is 0 Å². The van der Waals surface area contributed by atoms with E-state index in [9.17, 15) is 18.8 Å². The molecule has 3 aromatic carbocycles. The first kappa shape index (κ1) is 24.5. The van der Waals surface area contributed by atoms with Gasteiger partial charge < -0.3 is 15.5 Å². The van der Waals surface area contributed by atoms with Crippen molar-refractivity contribution in [3.05, 3.63) is 112 Å². The Kier molecular flexibility index (Phi) is 6.67. The van der Waals surface area contributed by atoms with Crippen LogP contribution >= 0.6 is 11.6 Å². The number of halogens is 2. The number of hydrogen-bond donors (Lipinski definition) is 2. The molecule has 37 heavy (non-hydrogen) atoms. The molecule has 2 aliphatic heterocycles. The van der Waals surface area contributed by atoms with Gasteiger partial charge in [-0.3, -0.25) is 14.5 Å². The van der Waals surface area contributed by atoms with E-state index in [0.717, 1.165) is 0 Å². The molecule has 0 spiro atoms. The minimum absolute atomic E-state index is 0.0793. The molecule has 0 aromatic heterocycles. The van der Waals surface area contributed by atoms with Crippen molar-refractivity contribution in [2.45, 2.75) is 19.0 Å². The van der Waals surface area contributed by atoms with Gasteiger partial charge in [0.15, 0.2) is 0 Å². The minimum atomic E-state index is -0.982. The highest BCUT2D eigenvalue weighted by atomic mass is 35.5. The number of carbonyl (C=O) groups excluding carboxylic acids is 3. The fraction of sp³-hybridized carbons (Fsp3) is 0.179. The zero-order chi connectivity index (χ0) is 26.1. The summed E-state index contributed by atoms with van der Waals surface area (Å²) < 4.78 is 13.4. The summed E-state index contributed by atoms with van der Waals surface area (Å²) in [6.45, 7) is 2.27. The average molecular weight is 519 g/mol. The number of benzene rings is 3. The fourth-order valence-corrected chi connectivity index (χ4v) is 4.94. The monoisotopic (exact) mass is 518 g/mol. The smallest absolute Gasteiger partial charge is 0.322 e. The number of urea groups is 1. The molecule has 7 nitrogen and oxygen atoms in total. The Hall–Kier alpha value is -4.17. The van der Waals surface area contributed by atoms with Gasteiger partial charge in [-0.15, -0.1) is 0 Å². The molecule has 0 bridgehead atoms. The Morgan fingerprint density at radius 1 is 1.05 bits per heavy atom. The Labute approximate surface area is 218 Å². The molecule has 4 amide bonds. The van der Waals surface area contributed by atoms with E-state index in [1.807, 2.05) is 13.0 Å². The van der Waals surface area contributed by atoms with Gasteiger partial charge in [-0.1, -0.05) is 54.1 Å². The van der Waals surface area contributed by atoms with Crippen LogP contribution in [0.3, 0.4) is 0 Å². The van der Waals surface area contributed by atoms with Crippen LogP contribution in [0.2, 0.25) is 5.02 Å². The van der Waals surface area contributed by atoms with Crippen LogP contribution in [0.25, 0.3) is 0 Å². The largest absolute Gasteiger partial charge is 0.326 e. The molecule has 0 saturated carbocycles. The first-order chi connectivity index (χ1) is 17.9. The lowest BCUT2D eigenvalue weighted by atomic mass is 9.95. The van der Waals surface area contributed by atoms with Gasteiger partial charge in [-0.05, 0) is 54.4 Å². The summed E-state index contributed by atoms with van der Waals surface area (Å²) in [7, 11) is 0. The van der Waals surface area contributed by atoms with Crippen LogP contribution in [0.15, 0.2) is 90.1 Å². The molecule has 188 valence electrons. The Morgan fingerprint density at radius 3 is 2.38 bits per heavy atom. The maximum absolute atomic E-state index is 14.0. The molecular weight excluding hydrogens is 495 g/mol. The maximum atomic E-state index is 14.0. The highest BCUT2D eigenvalue weighted by Gasteiger charge is 2.47. The number of rotatable bonds is 6. The maximum Gasteiger partial charge on any atom is 0.322 e. The van der Waals surface area contributed by atoms with Crippen LogP contribution in [-0.2, 0) is 9.59 Å². The Morgan fingerprint density at radius 2 is 1.73 bits per heavy atom. The first-order valence-corrected chi connectivity index (χ1v) is 12.2. The third kappa shape index (κ3) is 4.68. The predicted octanol–water partition coefficient (Wildman–Crippen LogP) is 5.04. The summed E-state index contributed by atoms with van der Waals surface area (Å²) in [4.78, 5) is 43.6. The average Bonchev–Trinajstić information content (AvgIpc) is 3.22. The van der Waals surface area contributed by atoms with E-state index in [1.165, 1.54) is 34.1 Å². The van der Waals surface area contributed by atoms with E-state index in [1.54, 1.807) is 48.5 Å². The number of anilines is 1. The van der Waals surface area contributed by atoms with Gasteiger partial charge in [-0.2, -0.15) is 0 Å². The van der Waals surface area contributed by atoms with Crippen molar-refractivity contribution in [3.8, 4) is 0 Å². The number of nitrogens with one attached hydrogen (secondary N) is 2. The lowest BCUT2D eigenvalue weighted by Gasteiger charge is -2.32. The SMILES string of the molecule is CCN1C(=O)N[C@@H](c2ccc(Cl)cc2)C2=C1CN([C@H](C(=O)Nc1ccc(F)cc1)c1ccccc1)C2=O. The summed E-state index contributed by atoms with van der Waals surface area (Å²) in [6.07, 6.45) is 0. The third-order valence-corrected chi connectivity index (χ3v) is 6.81. The second-order valence-electron chi connectivity index (χ2n) is 8.78. The molecule has 2 atom stereocenters. The number of carbonyl (C=O) groups is 3. The second-order valence-corrected chi connectivity index (χ2v) is 9.22. The molecule has 0 fully saturated rings. The lowest BCUT2D eigenvalue weighted by Crippen LogP contribution is -2.47. The van der Waals surface area contributed by atoms with E-state index < -0.39 is 23.8 Å². The standard InChI is InChI=1S/C28H24ClFN4O3/c1-2-33-22-16-34(27(36)23(22)24(32-28(33)37)17-8-10-19(29)11-9-17)25(18-6-4-3-5-7-18)26(35)31-21-14-12-20(30)13-15-21/h3-15,24-25H,2,16H2,1H3,(H,31,35)(H,32,37)/t24-,25-/m0/s1.